The van der Waals surface area contributed by atoms with Crippen molar-refractivity contribution in [3.63, 3.8) is 0 Å². The molecule has 0 saturated heterocycles. The molecule has 2 aromatic carbocycles. The fourth-order valence-electron chi connectivity index (χ4n) is 2.34. The smallest absolute Gasteiger partial charge is 0.217 e. The minimum absolute atomic E-state index is 0.283. The quantitative estimate of drug-likeness (QED) is 0.786. The molecular formula is C19H17N3O. The maximum atomic E-state index is 10.8. The molecule has 0 aliphatic rings. The van der Waals surface area contributed by atoms with E-state index in [-0.39, 0.29) is 5.91 Å². The highest BCUT2D eigenvalue weighted by atomic mass is 16.1. The zero-order valence-electron chi connectivity index (χ0n) is 12.6. The van der Waals surface area contributed by atoms with Crippen LogP contribution in [-0.4, -0.2) is 15.9 Å². The SMILES string of the molecule is NC(=O)CCc1ccc(-c2ncc(-c3ccccc3)cn2)cc1. The second-order valence-corrected chi connectivity index (χ2v) is 5.32. The van der Waals surface area contributed by atoms with Crippen LogP contribution in [0.2, 0.25) is 0 Å². The Hall–Kier alpha value is -3.01. The third kappa shape index (κ3) is 3.80. The molecule has 0 fully saturated rings. The number of hydrogen-bond donors (Lipinski definition) is 1. The molecular weight excluding hydrogens is 286 g/mol. The third-order valence-corrected chi connectivity index (χ3v) is 3.63. The number of primary amides is 1. The normalized spacial score (nSPS) is 10.4. The van der Waals surface area contributed by atoms with Crippen LogP contribution in [0.1, 0.15) is 12.0 Å². The number of aromatic nitrogens is 2. The van der Waals surface area contributed by atoms with E-state index in [0.29, 0.717) is 18.7 Å². The number of carbonyl (C=O) groups excluding carboxylic acids is 1. The molecule has 3 aromatic rings. The highest BCUT2D eigenvalue weighted by molar-refractivity contribution is 5.74. The Bertz CT molecular complexity index is 781. The number of aryl methyl sites for hydroxylation is 1. The van der Waals surface area contributed by atoms with Crippen molar-refractivity contribution < 1.29 is 4.79 Å². The number of rotatable bonds is 5. The van der Waals surface area contributed by atoms with Gasteiger partial charge in [0.1, 0.15) is 0 Å². The number of nitrogens with two attached hydrogens (primary N) is 1. The fraction of sp³-hybridized carbons (Fsp3) is 0.105. The molecule has 0 aliphatic carbocycles. The summed E-state index contributed by atoms with van der Waals surface area (Å²) in [7, 11) is 0. The van der Waals surface area contributed by atoms with Crippen molar-refractivity contribution >= 4 is 5.91 Å². The molecule has 4 nitrogen and oxygen atoms in total. The van der Waals surface area contributed by atoms with Crippen molar-refractivity contribution in [2.24, 2.45) is 5.73 Å². The van der Waals surface area contributed by atoms with Crippen LogP contribution in [0, 0.1) is 0 Å². The second-order valence-electron chi connectivity index (χ2n) is 5.32. The molecule has 4 heteroatoms. The Labute approximate surface area is 135 Å². The van der Waals surface area contributed by atoms with Crippen LogP contribution in [0.3, 0.4) is 0 Å². The summed E-state index contributed by atoms with van der Waals surface area (Å²) in [6, 6.07) is 17.9. The van der Waals surface area contributed by atoms with E-state index in [1.54, 1.807) is 0 Å². The first-order chi connectivity index (χ1) is 11.2. The molecule has 2 N–H and O–H groups in total. The van der Waals surface area contributed by atoms with Gasteiger partial charge in [-0.3, -0.25) is 4.79 Å². The van der Waals surface area contributed by atoms with Gasteiger partial charge in [-0.05, 0) is 17.5 Å². The molecule has 0 radical (unpaired) electrons. The van der Waals surface area contributed by atoms with Crippen molar-refractivity contribution in [1.29, 1.82) is 0 Å². The van der Waals surface area contributed by atoms with Gasteiger partial charge >= 0.3 is 0 Å². The van der Waals surface area contributed by atoms with Gasteiger partial charge in [-0.25, -0.2) is 9.97 Å². The number of benzene rings is 2. The minimum Gasteiger partial charge on any atom is -0.370 e. The summed E-state index contributed by atoms with van der Waals surface area (Å²) in [5.41, 5.74) is 9.28. The summed E-state index contributed by atoms with van der Waals surface area (Å²) in [4.78, 5) is 19.7. The van der Waals surface area contributed by atoms with E-state index in [1.807, 2.05) is 67.0 Å². The molecule has 0 saturated carbocycles. The van der Waals surface area contributed by atoms with Crippen LogP contribution in [-0.2, 0) is 11.2 Å². The van der Waals surface area contributed by atoms with E-state index in [1.165, 1.54) is 0 Å². The van der Waals surface area contributed by atoms with Crippen molar-refractivity contribution in [2.75, 3.05) is 0 Å². The second kappa shape index (κ2) is 6.83. The Kier molecular flexibility index (Phi) is 4.43. The van der Waals surface area contributed by atoms with E-state index in [9.17, 15) is 4.79 Å². The summed E-state index contributed by atoms with van der Waals surface area (Å²) in [6.07, 6.45) is 4.68. The largest absolute Gasteiger partial charge is 0.370 e. The van der Waals surface area contributed by atoms with E-state index >= 15 is 0 Å². The first-order valence-corrected chi connectivity index (χ1v) is 7.47. The monoisotopic (exact) mass is 303 g/mol. The average molecular weight is 303 g/mol. The molecule has 3 rings (SSSR count). The topological polar surface area (TPSA) is 68.9 Å². The average Bonchev–Trinajstić information content (AvgIpc) is 2.61. The van der Waals surface area contributed by atoms with Gasteiger partial charge in [-0.15, -0.1) is 0 Å². The van der Waals surface area contributed by atoms with Crippen LogP contribution in [0.25, 0.3) is 22.5 Å². The lowest BCUT2D eigenvalue weighted by Crippen LogP contribution is -2.11. The zero-order valence-corrected chi connectivity index (χ0v) is 12.6. The molecule has 23 heavy (non-hydrogen) atoms. The summed E-state index contributed by atoms with van der Waals surface area (Å²) in [6.45, 7) is 0. The van der Waals surface area contributed by atoms with Crippen LogP contribution in [0.4, 0.5) is 0 Å². The number of carbonyl (C=O) groups is 1. The standard InChI is InChI=1S/C19H17N3O/c20-18(23)11-8-14-6-9-16(10-7-14)19-21-12-17(13-22-19)15-4-2-1-3-5-15/h1-7,9-10,12-13H,8,11H2,(H2,20,23). The predicted molar refractivity (Wildman–Crippen MR) is 90.4 cm³/mol. The van der Waals surface area contributed by atoms with Crippen molar-refractivity contribution in [3.05, 3.63) is 72.6 Å². The summed E-state index contributed by atoms with van der Waals surface area (Å²) in [5, 5.41) is 0. The van der Waals surface area contributed by atoms with Crippen LogP contribution in [0.15, 0.2) is 67.0 Å². The fourth-order valence-corrected chi connectivity index (χ4v) is 2.34. The Morgan fingerprint density at radius 2 is 1.48 bits per heavy atom. The predicted octanol–water partition coefficient (Wildman–Crippen LogP) is 3.23. The lowest BCUT2D eigenvalue weighted by atomic mass is 10.1. The van der Waals surface area contributed by atoms with Crippen molar-refractivity contribution in [3.8, 4) is 22.5 Å². The van der Waals surface area contributed by atoms with E-state index in [0.717, 1.165) is 22.3 Å². The maximum Gasteiger partial charge on any atom is 0.217 e. The van der Waals surface area contributed by atoms with Gasteiger partial charge < -0.3 is 5.73 Å². The van der Waals surface area contributed by atoms with Gasteiger partial charge in [-0.2, -0.15) is 0 Å². The van der Waals surface area contributed by atoms with E-state index in [4.69, 9.17) is 5.73 Å². The van der Waals surface area contributed by atoms with Crippen LogP contribution >= 0.6 is 0 Å². The van der Waals surface area contributed by atoms with Crippen LogP contribution in [0.5, 0.6) is 0 Å². The van der Waals surface area contributed by atoms with E-state index < -0.39 is 0 Å². The molecule has 1 heterocycles. The number of nitrogens with zero attached hydrogens (tertiary/aromatic N) is 2. The maximum absolute atomic E-state index is 10.8. The van der Waals surface area contributed by atoms with Crippen molar-refractivity contribution in [1.82, 2.24) is 9.97 Å². The van der Waals surface area contributed by atoms with Gasteiger partial charge in [0.2, 0.25) is 5.91 Å². The minimum atomic E-state index is -0.283. The molecule has 0 unspecified atom stereocenters. The zero-order chi connectivity index (χ0) is 16.1. The Morgan fingerprint density at radius 1 is 0.826 bits per heavy atom. The molecule has 1 amide bonds. The molecule has 0 spiro atoms. The first-order valence-electron chi connectivity index (χ1n) is 7.47. The summed E-state index contributed by atoms with van der Waals surface area (Å²) >= 11 is 0. The molecule has 1 aromatic heterocycles. The van der Waals surface area contributed by atoms with Crippen molar-refractivity contribution in [2.45, 2.75) is 12.8 Å². The van der Waals surface area contributed by atoms with Gasteiger partial charge in [-0.1, -0.05) is 54.6 Å². The van der Waals surface area contributed by atoms with Crippen LogP contribution < -0.4 is 5.73 Å². The summed E-state index contributed by atoms with van der Waals surface area (Å²) < 4.78 is 0. The molecule has 0 bridgehead atoms. The molecule has 0 atom stereocenters. The lowest BCUT2D eigenvalue weighted by Gasteiger charge is -2.04. The Balaban J connectivity index is 1.76. The Morgan fingerprint density at radius 3 is 2.09 bits per heavy atom. The highest BCUT2D eigenvalue weighted by Gasteiger charge is 2.04. The first kappa shape index (κ1) is 14.9. The highest BCUT2D eigenvalue weighted by Crippen LogP contribution is 2.20. The van der Waals surface area contributed by atoms with Gasteiger partial charge in [0, 0.05) is 29.9 Å². The molecule has 114 valence electrons. The van der Waals surface area contributed by atoms with Gasteiger partial charge in [0.05, 0.1) is 0 Å². The lowest BCUT2D eigenvalue weighted by molar-refractivity contribution is -0.117. The van der Waals surface area contributed by atoms with E-state index in [2.05, 4.69) is 9.97 Å². The third-order valence-electron chi connectivity index (χ3n) is 3.63. The number of amides is 1. The van der Waals surface area contributed by atoms with Gasteiger partial charge in [0.25, 0.3) is 0 Å². The molecule has 0 aliphatic heterocycles. The summed E-state index contributed by atoms with van der Waals surface area (Å²) in [5.74, 6) is 0.403. The number of hydrogen-bond acceptors (Lipinski definition) is 3. The van der Waals surface area contributed by atoms with Gasteiger partial charge in [0.15, 0.2) is 5.82 Å².